The highest BCUT2D eigenvalue weighted by molar-refractivity contribution is 7.20. The molecule has 0 fully saturated rings. The maximum Gasteiger partial charge on any atom is 0.179 e. The molecule has 5 nitrogen and oxygen atoms in total. The van der Waals surface area contributed by atoms with Crippen molar-refractivity contribution < 1.29 is 0 Å². The van der Waals surface area contributed by atoms with E-state index in [-0.39, 0.29) is 0 Å². The molecular formula is C103H69N5Si. The van der Waals surface area contributed by atoms with Crippen LogP contribution in [0.25, 0.3) is 154 Å². The van der Waals surface area contributed by atoms with Crippen molar-refractivity contribution in [1.29, 1.82) is 5.26 Å². The van der Waals surface area contributed by atoms with Crippen molar-refractivity contribution in [3.8, 4) is 73.3 Å². The molecule has 0 spiro atoms. The summed E-state index contributed by atoms with van der Waals surface area (Å²) in [5, 5.41) is 24.6. The van der Waals surface area contributed by atoms with Crippen molar-refractivity contribution >= 4 is 116 Å². The molecule has 21 aromatic rings. The van der Waals surface area contributed by atoms with Crippen LogP contribution in [-0.4, -0.2) is 26.3 Å². The minimum absolute atomic E-state index is 0.660. The molecule has 6 heteroatoms. The monoisotopic (exact) mass is 1400 g/mol. The van der Waals surface area contributed by atoms with E-state index in [1.165, 1.54) is 141 Å². The van der Waals surface area contributed by atoms with E-state index < -0.39 is 8.07 Å². The Balaban J connectivity index is 0.000000150. The Morgan fingerprint density at radius 2 is 0.431 bits per heavy atom. The number of benzene rings is 17. The molecule has 0 aliphatic rings. The number of nitrogens with zero attached hydrogens (tertiary/aromatic N) is 5. The SMILES string of the molecule is N#Cc1ccc(-n2c3ccccc3c3cc(-c4ccc5c(c4)c4ccccc4n5-c4cccc(-c5ccccc5)c4)ccc32)cc1.c1ccc(-c2cccc(-n3c4ccccc4c4cc(-c5ccc6c(c5)c5ccccc5n6-c5cccc([Si](c6ccccc6)(c6ccccc6)c6ccccc6)c5)ccc43)c2)cc1. The Hall–Kier alpha value is -14.4. The molecule has 0 radical (unpaired) electrons. The largest absolute Gasteiger partial charge is 0.309 e. The number of fused-ring (bicyclic) bond motifs is 12. The van der Waals surface area contributed by atoms with Gasteiger partial charge in [-0.15, -0.1) is 0 Å². The number of rotatable bonds is 12. The zero-order valence-corrected chi connectivity index (χ0v) is 60.6. The molecule has 0 atom stereocenters. The lowest BCUT2D eigenvalue weighted by molar-refractivity contribution is 1.18. The first kappa shape index (κ1) is 64.3. The summed E-state index contributed by atoms with van der Waals surface area (Å²) in [4.78, 5) is 0. The first-order chi connectivity index (χ1) is 54.0. The van der Waals surface area contributed by atoms with Gasteiger partial charge in [-0.25, -0.2) is 0 Å². The molecule has 0 unspecified atom stereocenters. The summed E-state index contributed by atoms with van der Waals surface area (Å²) in [5.74, 6) is 0. The van der Waals surface area contributed by atoms with Gasteiger partial charge in [0.2, 0.25) is 0 Å². The average molecular weight is 1400 g/mol. The Kier molecular flexibility index (Phi) is 15.9. The molecule has 0 bridgehead atoms. The lowest BCUT2D eigenvalue weighted by Crippen LogP contribution is -2.74. The summed E-state index contributed by atoms with van der Waals surface area (Å²) in [6.07, 6.45) is 0. The summed E-state index contributed by atoms with van der Waals surface area (Å²) in [5.41, 5.74) is 24.3. The number of hydrogen-bond donors (Lipinski definition) is 0. The van der Waals surface area contributed by atoms with E-state index in [0.29, 0.717) is 5.56 Å². The van der Waals surface area contributed by atoms with Crippen LogP contribution in [0.3, 0.4) is 0 Å². The molecule has 109 heavy (non-hydrogen) atoms. The van der Waals surface area contributed by atoms with E-state index in [9.17, 15) is 5.26 Å². The second-order valence-electron chi connectivity index (χ2n) is 28.2. The van der Waals surface area contributed by atoms with Crippen molar-refractivity contribution in [2.75, 3.05) is 0 Å². The smallest absolute Gasteiger partial charge is 0.179 e. The van der Waals surface area contributed by atoms with Crippen molar-refractivity contribution in [2.45, 2.75) is 0 Å². The van der Waals surface area contributed by atoms with Gasteiger partial charge in [0, 0.05) is 65.8 Å². The minimum atomic E-state index is -2.73. The summed E-state index contributed by atoms with van der Waals surface area (Å²) in [7, 11) is -2.73. The van der Waals surface area contributed by atoms with Crippen LogP contribution in [-0.2, 0) is 0 Å². The average Bonchev–Trinajstić information content (AvgIpc) is 1.68. The number of nitriles is 1. The van der Waals surface area contributed by atoms with Gasteiger partial charge in [-0.05, 0) is 199 Å². The van der Waals surface area contributed by atoms with Gasteiger partial charge in [-0.3, -0.25) is 0 Å². The maximum absolute atomic E-state index is 9.32. The molecule has 21 rings (SSSR count). The third kappa shape index (κ3) is 11.0. The zero-order valence-electron chi connectivity index (χ0n) is 59.6. The Bertz CT molecular complexity index is 6990. The van der Waals surface area contributed by atoms with Gasteiger partial charge in [0.1, 0.15) is 0 Å². The molecular weight excluding hydrogens is 1340 g/mol. The first-order valence-corrected chi connectivity index (χ1v) is 39.3. The second kappa shape index (κ2) is 27.0. The zero-order chi connectivity index (χ0) is 72.4. The molecule has 17 aromatic carbocycles. The quantitative estimate of drug-likeness (QED) is 0.0888. The van der Waals surface area contributed by atoms with Crippen LogP contribution in [0.4, 0.5) is 0 Å². The topological polar surface area (TPSA) is 43.5 Å². The van der Waals surface area contributed by atoms with Crippen LogP contribution in [0.1, 0.15) is 5.56 Å². The predicted molar refractivity (Wildman–Crippen MR) is 460 cm³/mol. The van der Waals surface area contributed by atoms with E-state index >= 15 is 0 Å². The number of aromatic nitrogens is 4. The van der Waals surface area contributed by atoms with Crippen LogP contribution in [0, 0.1) is 11.3 Å². The molecule has 510 valence electrons. The van der Waals surface area contributed by atoms with E-state index in [4.69, 9.17) is 0 Å². The molecule has 4 heterocycles. The van der Waals surface area contributed by atoms with Crippen LogP contribution < -0.4 is 20.7 Å². The third-order valence-corrected chi connectivity index (χ3v) is 27.0. The summed E-state index contributed by atoms with van der Waals surface area (Å²) >= 11 is 0. The van der Waals surface area contributed by atoms with Crippen molar-refractivity contribution in [2.24, 2.45) is 0 Å². The van der Waals surface area contributed by atoms with Crippen LogP contribution in [0.2, 0.25) is 0 Å². The maximum atomic E-state index is 9.32. The van der Waals surface area contributed by atoms with Gasteiger partial charge in [0.05, 0.1) is 55.8 Å². The second-order valence-corrected chi connectivity index (χ2v) is 32.0. The highest BCUT2D eigenvalue weighted by Gasteiger charge is 2.41. The molecule has 0 N–H and O–H groups in total. The summed E-state index contributed by atoms with van der Waals surface area (Å²) in [6, 6.07) is 154. The van der Waals surface area contributed by atoms with Crippen LogP contribution in [0.15, 0.2) is 419 Å². The Morgan fingerprint density at radius 3 is 0.771 bits per heavy atom. The fraction of sp³-hybridized carbons (Fsp3) is 0. The van der Waals surface area contributed by atoms with E-state index in [1.54, 1.807) is 0 Å². The first-order valence-electron chi connectivity index (χ1n) is 37.3. The Morgan fingerprint density at radius 1 is 0.174 bits per heavy atom. The lowest BCUT2D eigenvalue weighted by atomic mass is 10.0. The normalized spacial score (nSPS) is 11.7. The molecule has 0 aliphatic carbocycles. The highest BCUT2D eigenvalue weighted by Crippen LogP contribution is 2.42. The molecule has 4 aromatic heterocycles. The lowest BCUT2D eigenvalue weighted by Gasteiger charge is -2.34. The van der Waals surface area contributed by atoms with Crippen LogP contribution in [0.5, 0.6) is 0 Å². The molecule has 0 saturated carbocycles. The predicted octanol–water partition coefficient (Wildman–Crippen LogP) is 23.7. The fourth-order valence-corrected chi connectivity index (χ4v) is 22.0. The molecule has 0 saturated heterocycles. The summed E-state index contributed by atoms with van der Waals surface area (Å²) in [6.45, 7) is 0. The van der Waals surface area contributed by atoms with Crippen molar-refractivity contribution in [1.82, 2.24) is 18.3 Å². The number of para-hydroxylation sites is 4. The van der Waals surface area contributed by atoms with E-state index in [1.807, 2.05) is 24.3 Å². The minimum Gasteiger partial charge on any atom is -0.309 e. The highest BCUT2D eigenvalue weighted by atomic mass is 28.3. The molecule has 0 amide bonds. The van der Waals surface area contributed by atoms with Gasteiger partial charge in [0.15, 0.2) is 8.07 Å². The molecule has 0 aliphatic heterocycles. The van der Waals surface area contributed by atoms with Crippen LogP contribution >= 0.6 is 0 Å². The van der Waals surface area contributed by atoms with E-state index in [2.05, 4.69) is 419 Å². The van der Waals surface area contributed by atoms with Gasteiger partial charge in [0.25, 0.3) is 0 Å². The van der Waals surface area contributed by atoms with Gasteiger partial charge < -0.3 is 18.3 Å². The third-order valence-electron chi connectivity index (χ3n) is 22.2. The Labute approximate surface area is 632 Å². The van der Waals surface area contributed by atoms with Gasteiger partial charge in [-0.2, -0.15) is 5.26 Å². The van der Waals surface area contributed by atoms with Crippen molar-refractivity contribution in [3.05, 3.63) is 424 Å². The van der Waals surface area contributed by atoms with Gasteiger partial charge >= 0.3 is 0 Å². The number of hydrogen-bond acceptors (Lipinski definition) is 1. The standard InChI is InChI=1S/C60H42N2Si.C43H27N3/c1-5-19-43(20-6-1)44-21-17-22-47(39-44)61-57-33-15-13-31-53(57)55-40-45(35-37-59(55)61)46-36-38-60-56(41-46)54-32-14-16-34-58(54)62(60)48-23-18-30-52(42-48)63(49-24-7-2-8-25-49,50-26-9-3-10-27-50)51-28-11-4-12-29-51;44-28-29-17-21-34(22-18-29)45-40-15-6-4-13-36(40)38-26-32(19-23-42(38)45)33-20-24-43-39(27-33)37-14-5-7-16-41(37)46(43)35-12-8-11-31(25-35)30-9-2-1-3-10-30/h1-42H;1-27H. The fourth-order valence-electron chi connectivity index (χ4n) is 17.3. The van der Waals surface area contributed by atoms with Gasteiger partial charge in [-0.1, -0.05) is 285 Å². The van der Waals surface area contributed by atoms with Crippen molar-refractivity contribution in [3.63, 3.8) is 0 Å². The van der Waals surface area contributed by atoms with E-state index in [0.717, 1.165) is 33.8 Å². The summed E-state index contributed by atoms with van der Waals surface area (Å²) < 4.78 is 9.56.